The van der Waals surface area contributed by atoms with Crippen molar-refractivity contribution in [3.05, 3.63) is 41.5 Å². The lowest BCUT2D eigenvalue weighted by Crippen LogP contribution is -2.37. The summed E-state index contributed by atoms with van der Waals surface area (Å²) in [5.74, 6) is 1.98. The molecule has 4 rings (SSSR count). The fourth-order valence-corrected chi connectivity index (χ4v) is 4.99. The summed E-state index contributed by atoms with van der Waals surface area (Å²) in [5.41, 5.74) is 0.561. The molecule has 0 atom stereocenters. The van der Waals surface area contributed by atoms with E-state index in [-0.39, 0.29) is 11.8 Å². The molecule has 2 aliphatic rings. The summed E-state index contributed by atoms with van der Waals surface area (Å²) >= 11 is 0. The van der Waals surface area contributed by atoms with Crippen molar-refractivity contribution in [1.29, 1.82) is 0 Å². The Balaban J connectivity index is 1.27. The topological polar surface area (TPSA) is 115 Å². The Morgan fingerprint density at radius 1 is 1.26 bits per heavy atom. The second-order valence-corrected chi connectivity index (χ2v) is 10.3. The number of hydrogen-bond acceptors (Lipinski definition) is 7. The fourth-order valence-electron chi connectivity index (χ4n) is 4.12. The molecule has 0 bridgehead atoms. The second-order valence-electron chi connectivity index (χ2n) is 8.30. The molecule has 0 unspecified atom stereocenters. The zero-order valence-electron chi connectivity index (χ0n) is 17.8. The summed E-state index contributed by atoms with van der Waals surface area (Å²) in [6.07, 6.45) is 4.71. The lowest BCUT2D eigenvalue weighted by molar-refractivity contribution is -0.123. The van der Waals surface area contributed by atoms with Crippen LogP contribution in [0.4, 0.5) is 0 Å². The number of methoxy groups -OCH3 is 1. The molecule has 1 aromatic heterocycles. The first kappa shape index (κ1) is 21.8. The van der Waals surface area contributed by atoms with E-state index in [0.29, 0.717) is 50.6 Å². The van der Waals surface area contributed by atoms with E-state index in [1.807, 2.05) is 24.3 Å². The molecule has 1 aliphatic carbocycles. The molecule has 9 nitrogen and oxygen atoms in total. The van der Waals surface area contributed by atoms with Crippen LogP contribution in [-0.2, 0) is 26.7 Å². The number of carbonyl (C=O) groups is 1. The van der Waals surface area contributed by atoms with Gasteiger partial charge in [0.15, 0.2) is 5.82 Å². The number of hydrogen-bond donors (Lipinski definition) is 1. The molecule has 1 N–H and O–H groups in total. The first-order valence-corrected chi connectivity index (χ1v) is 12.4. The van der Waals surface area contributed by atoms with Gasteiger partial charge >= 0.3 is 0 Å². The highest BCUT2D eigenvalue weighted by Crippen LogP contribution is 2.48. The number of sulfonamides is 1. The van der Waals surface area contributed by atoms with Gasteiger partial charge < -0.3 is 14.6 Å². The first-order valence-electron chi connectivity index (χ1n) is 10.5. The van der Waals surface area contributed by atoms with Crippen molar-refractivity contribution in [2.45, 2.75) is 43.4 Å². The quantitative estimate of drug-likeness (QED) is 0.652. The molecule has 31 heavy (non-hydrogen) atoms. The molecule has 1 aromatic carbocycles. The van der Waals surface area contributed by atoms with Crippen LogP contribution >= 0.6 is 0 Å². The molecule has 0 radical (unpaired) electrons. The molecule has 1 saturated heterocycles. The zero-order valence-corrected chi connectivity index (χ0v) is 18.7. The molecule has 10 heteroatoms. The minimum absolute atomic E-state index is 0.0190. The normalized spacial score (nSPS) is 19.2. The maximum absolute atomic E-state index is 12.8. The zero-order chi connectivity index (χ0) is 22.1. The highest BCUT2D eigenvalue weighted by Gasteiger charge is 2.51. The van der Waals surface area contributed by atoms with Gasteiger partial charge in [-0.05, 0) is 43.4 Å². The van der Waals surface area contributed by atoms with Crippen molar-refractivity contribution in [3.8, 4) is 5.75 Å². The van der Waals surface area contributed by atoms with Gasteiger partial charge in [-0.15, -0.1) is 0 Å². The lowest BCUT2D eigenvalue weighted by Gasteiger charge is -2.28. The Morgan fingerprint density at radius 3 is 2.52 bits per heavy atom. The Bertz CT molecular complexity index is 1020. The lowest BCUT2D eigenvalue weighted by atomic mass is 9.95. The Kier molecular flexibility index (Phi) is 6.02. The number of nitrogens with one attached hydrogen (secondary N) is 1. The average molecular weight is 449 g/mol. The van der Waals surface area contributed by atoms with E-state index in [1.165, 1.54) is 10.6 Å². The third-order valence-corrected chi connectivity index (χ3v) is 7.53. The van der Waals surface area contributed by atoms with Crippen molar-refractivity contribution in [2.75, 3.05) is 33.0 Å². The number of ether oxygens (including phenoxy) is 1. The maximum Gasteiger partial charge on any atom is 0.230 e. The predicted molar refractivity (Wildman–Crippen MR) is 113 cm³/mol. The van der Waals surface area contributed by atoms with Gasteiger partial charge in [0.05, 0.1) is 18.8 Å². The molecule has 1 amide bonds. The van der Waals surface area contributed by atoms with Crippen LogP contribution in [0.1, 0.15) is 48.9 Å². The third-order valence-electron chi connectivity index (χ3n) is 6.22. The Morgan fingerprint density at radius 2 is 1.94 bits per heavy atom. The van der Waals surface area contributed by atoms with Gasteiger partial charge in [0.25, 0.3) is 0 Å². The molecule has 2 aromatic rings. The van der Waals surface area contributed by atoms with E-state index in [9.17, 15) is 13.2 Å². The highest BCUT2D eigenvalue weighted by atomic mass is 32.2. The van der Waals surface area contributed by atoms with Crippen LogP contribution in [0.15, 0.2) is 28.8 Å². The molecule has 2 heterocycles. The van der Waals surface area contributed by atoms with Gasteiger partial charge in [-0.2, -0.15) is 4.98 Å². The number of benzene rings is 1. The van der Waals surface area contributed by atoms with E-state index in [2.05, 4.69) is 15.5 Å². The summed E-state index contributed by atoms with van der Waals surface area (Å²) in [7, 11) is -1.53. The van der Waals surface area contributed by atoms with Crippen molar-refractivity contribution in [1.82, 2.24) is 19.8 Å². The summed E-state index contributed by atoms with van der Waals surface area (Å²) in [6.45, 7) is 1.36. The molecule has 1 aliphatic heterocycles. The van der Waals surface area contributed by atoms with E-state index in [0.717, 1.165) is 24.2 Å². The summed E-state index contributed by atoms with van der Waals surface area (Å²) in [4.78, 5) is 17.2. The van der Waals surface area contributed by atoms with Crippen LogP contribution < -0.4 is 10.1 Å². The van der Waals surface area contributed by atoms with E-state index in [1.54, 1.807) is 7.11 Å². The smallest absolute Gasteiger partial charge is 0.230 e. The molecular formula is C21H28N4O5S. The minimum Gasteiger partial charge on any atom is -0.497 e. The van der Waals surface area contributed by atoms with Crippen LogP contribution in [0, 0.1) is 0 Å². The summed E-state index contributed by atoms with van der Waals surface area (Å²) < 4.78 is 35.3. The fraction of sp³-hybridized carbons (Fsp3) is 0.571. The third kappa shape index (κ3) is 4.74. The Hall–Kier alpha value is -2.46. The number of carbonyl (C=O) groups excluding carboxylic acids is 1. The number of rotatable bonds is 8. The van der Waals surface area contributed by atoms with Crippen molar-refractivity contribution < 1.29 is 22.5 Å². The van der Waals surface area contributed by atoms with Crippen molar-refractivity contribution in [3.63, 3.8) is 0 Å². The average Bonchev–Trinajstić information content (AvgIpc) is 3.45. The van der Waals surface area contributed by atoms with Gasteiger partial charge in [-0.1, -0.05) is 17.3 Å². The number of aromatic nitrogens is 2. The van der Waals surface area contributed by atoms with Crippen LogP contribution in [0.25, 0.3) is 0 Å². The van der Waals surface area contributed by atoms with Gasteiger partial charge in [0.2, 0.25) is 21.8 Å². The van der Waals surface area contributed by atoms with Crippen LogP contribution in [0.3, 0.4) is 0 Å². The second kappa shape index (κ2) is 8.58. The van der Waals surface area contributed by atoms with E-state index >= 15 is 0 Å². The molecule has 2 fully saturated rings. The first-order chi connectivity index (χ1) is 14.8. The SMILES string of the molecule is COc1ccc(C2(C(=O)NCCc3nc(C4CCN(S(C)(=O)=O)CC4)no3)CC2)cc1. The van der Waals surface area contributed by atoms with Crippen molar-refractivity contribution in [2.24, 2.45) is 0 Å². The number of nitrogens with zero attached hydrogens (tertiary/aromatic N) is 3. The monoisotopic (exact) mass is 448 g/mol. The predicted octanol–water partition coefficient (Wildman–Crippen LogP) is 1.61. The van der Waals surface area contributed by atoms with Gasteiger partial charge in [0, 0.05) is 32.0 Å². The largest absolute Gasteiger partial charge is 0.497 e. The van der Waals surface area contributed by atoms with Crippen LogP contribution in [0.5, 0.6) is 5.75 Å². The molecule has 168 valence electrons. The van der Waals surface area contributed by atoms with E-state index < -0.39 is 15.4 Å². The van der Waals surface area contributed by atoms with Crippen LogP contribution in [-0.4, -0.2) is 61.8 Å². The van der Waals surface area contributed by atoms with E-state index in [4.69, 9.17) is 9.26 Å². The number of amides is 1. The van der Waals surface area contributed by atoms with Gasteiger partial charge in [-0.25, -0.2) is 12.7 Å². The number of piperidine rings is 1. The molecule has 1 saturated carbocycles. The highest BCUT2D eigenvalue weighted by molar-refractivity contribution is 7.88. The summed E-state index contributed by atoms with van der Waals surface area (Å²) in [6, 6.07) is 7.65. The summed E-state index contributed by atoms with van der Waals surface area (Å²) in [5, 5.41) is 7.07. The van der Waals surface area contributed by atoms with Gasteiger partial charge in [0.1, 0.15) is 5.75 Å². The maximum atomic E-state index is 12.8. The molecular weight excluding hydrogens is 420 g/mol. The minimum atomic E-state index is -3.15. The Labute approximate surface area is 182 Å². The molecule has 0 spiro atoms. The van der Waals surface area contributed by atoms with Crippen molar-refractivity contribution >= 4 is 15.9 Å². The van der Waals surface area contributed by atoms with Gasteiger partial charge in [-0.3, -0.25) is 4.79 Å². The standard InChI is InChI=1S/C21H28N4O5S/c1-29-17-5-3-16(4-6-17)21(10-11-21)20(26)22-12-7-18-23-19(24-30-18)15-8-13-25(14-9-15)31(2,27)28/h3-6,15H,7-14H2,1-2H3,(H,22,26). The van der Waals surface area contributed by atoms with Crippen LogP contribution in [0.2, 0.25) is 0 Å².